The highest BCUT2D eigenvalue weighted by molar-refractivity contribution is 6.30. The smallest absolute Gasteiger partial charge is 0.316 e. The molecule has 1 rings (SSSR count). The highest BCUT2D eigenvalue weighted by Crippen LogP contribution is 2.29. The van der Waals surface area contributed by atoms with Gasteiger partial charge in [-0.15, -0.1) is 0 Å². The molecular formula is C8H8ClNO4. The minimum Gasteiger partial charge on any atom is -0.330 e. The van der Waals surface area contributed by atoms with Crippen LogP contribution in [0.4, 0.5) is 5.69 Å². The lowest BCUT2D eigenvalue weighted by atomic mass is 10.3. The van der Waals surface area contributed by atoms with Gasteiger partial charge >= 0.3 is 5.69 Å². The van der Waals surface area contributed by atoms with Crippen LogP contribution in [0.25, 0.3) is 0 Å². The lowest BCUT2D eigenvalue weighted by molar-refractivity contribution is -0.388. The number of nitrogens with zero attached hydrogens (tertiary/aromatic N) is 1. The van der Waals surface area contributed by atoms with Crippen molar-refractivity contribution in [3.05, 3.63) is 33.3 Å². The Labute approximate surface area is 85.3 Å². The third-order valence-electron chi connectivity index (χ3n) is 1.38. The van der Waals surface area contributed by atoms with Crippen molar-refractivity contribution < 1.29 is 14.7 Å². The Morgan fingerprint density at radius 1 is 1.57 bits per heavy atom. The molecule has 0 aliphatic rings. The SMILES string of the molecule is CCOOc1ccc(Cl)cc1[N+](=O)[O-]. The van der Waals surface area contributed by atoms with E-state index in [0.29, 0.717) is 6.61 Å². The van der Waals surface area contributed by atoms with E-state index in [1.165, 1.54) is 18.2 Å². The summed E-state index contributed by atoms with van der Waals surface area (Å²) < 4.78 is 0. The zero-order valence-electron chi connectivity index (χ0n) is 7.40. The van der Waals surface area contributed by atoms with Crippen molar-refractivity contribution in [1.82, 2.24) is 0 Å². The molecule has 0 radical (unpaired) electrons. The Balaban J connectivity index is 2.96. The van der Waals surface area contributed by atoms with Crippen LogP contribution in [0.2, 0.25) is 5.02 Å². The Hall–Kier alpha value is -1.33. The minimum absolute atomic E-state index is 0.0428. The van der Waals surface area contributed by atoms with Gasteiger partial charge < -0.3 is 4.89 Å². The second-order valence-corrected chi connectivity index (χ2v) is 2.80. The van der Waals surface area contributed by atoms with Crippen LogP contribution in [0.1, 0.15) is 6.92 Å². The van der Waals surface area contributed by atoms with E-state index >= 15 is 0 Å². The predicted octanol–water partition coefficient (Wildman–Crippen LogP) is 2.58. The molecule has 1 aromatic rings. The molecule has 0 saturated heterocycles. The van der Waals surface area contributed by atoms with E-state index in [9.17, 15) is 10.1 Å². The van der Waals surface area contributed by atoms with Gasteiger partial charge in [-0.05, 0) is 19.1 Å². The largest absolute Gasteiger partial charge is 0.330 e. The average Bonchev–Trinajstić information content (AvgIpc) is 2.15. The van der Waals surface area contributed by atoms with E-state index in [1.807, 2.05) is 0 Å². The van der Waals surface area contributed by atoms with Crippen LogP contribution < -0.4 is 4.89 Å². The molecule has 0 amide bonds. The molecule has 0 unspecified atom stereocenters. The average molecular weight is 218 g/mol. The number of benzene rings is 1. The summed E-state index contributed by atoms with van der Waals surface area (Å²) in [6.45, 7) is 2.02. The van der Waals surface area contributed by atoms with Gasteiger partial charge in [0.15, 0.2) is 0 Å². The summed E-state index contributed by atoms with van der Waals surface area (Å²) in [6.07, 6.45) is 0. The normalized spacial score (nSPS) is 9.86. The van der Waals surface area contributed by atoms with E-state index in [0.717, 1.165) is 0 Å². The summed E-state index contributed by atoms with van der Waals surface area (Å²) in [5, 5.41) is 10.8. The number of halogens is 1. The maximum atomic E-state index is 10.5. The third-order valence-corrected chi connectivity index (χ3v) is 1.62. The summed E-state index contributed by atoms with van der Waals surface area (Å²) in [4.78, 5) is 19.3. The fraction of sp³-hybridized carbons (Fsp3) is 0.250. The van der Waals surface area contributed by atoms with Gasteiger partial charge in [0.1, 0.15) is 0 Å². The lowest BCUT2D eigenvalue weighted by Gasteiger charge is -2.03. The summed E-state index contributed by atoms with van der Waals surface area (Å²) in [7, 11) is 0. The van der Waals surface area contributed by atoms with Gasteiger partial charge in [-0.3, -0.25) is 10.1 Å². The molecule has 0 aromatic heterocycles. The molecule has 76 valence electrons. The molecular weight excluding hydrogens is 210 g/mol. The van der Waals surface area contributed by atoms with E-state index in [-0.39, 0.29) is 16.5 Å². The highest BCUT2D eigenvalue weighted by Gasteiger charge is 2.16. The van der Waals surface area contributed by atoms with E-state index < -0.39 is 4.92 Å². The molecule has 0 aliphatic heterocycles. The molecule has 0 heterocycles. The minimum atomic E-state index is -0.583. The van der Waals surface area contributed by atoms with Crippen molar-refractivity contribution in [1.29, 1.82) is 0 Å². The van der Waals surface area contributed by atoms with Crippen LogP contribution in [0.5, 0.6) is 5.75 Å². The Kier molecular flexibility index (Phi) is 3.67. The van der Waals surface area contributed by atoms with Crippen LogP contribution in [0.15, 0.2) is 18.2 Å². The van der Waals surface area contributed by atoms with Gasteiger partial charge in [-0.1, -0.05) is 11.6 Å². The molecule has 6 heteroatoms. The molecule has 0 fully saturated rings. The first-order chi connectivity index (χ1) is 6.65. The number of nitro groups is 1. The molecule has 1 aromatic carbocycles. The summed E-state index contributed by atoms with van der Waals surface area (Å²) in [5.41, 5.74) is -0.217. The number of hydrogen-bond acceptors (Lipinski definition) is 4. The molecule has 14 heavy (non-hydrogen) atoms. The van der Waals surface area contributed by atoms with Gasteiger partial charge in [0.05, 0.1) is 11.5 Å². The molecule has 0 atom stereocenters. The monoisotopic (exact) mass is 217 g/mol. The van der Waals surface area contributed by atoms with Crippen molar-refractivity contribution in [2.45, 2.75) is 6.92 Å². The molecule has 0 bridgehead atoms. The standard InChI is InChI=1S/C8H8ClNO4/c1-2-13-14-8-4-3-6(9)5-7(8)10(11)12/h3-5H,2H2,1H3. The summed E-state index contributed by atoms with van der Waals surface area (Å²) in [6, 6.07) is 4.08. The molecule has 0 saturated carbocycles. The maximum Gasteiger partial charge on any atom is 0.316 e. The van der Waals surface area contributed by atoms with Crippen molar-refractivity contribution in [2.75, 3.05) is 6.61 Å². The molecule has 0 N–H and O–H groups in total. The number of nitro benzene ring substituents is 1. The third kappa shape index (κ3) is 2.58. The van der Waals surface area contributed by atoms with Crippen LogP contribution >= 0.6 is 11.6 Å². The number of hydrogen-bond donors (Lipinski definition) is 0. The zero-order valence-corrected chi connectivity index (χ0v) is 8.15. The van der Waals surface area contributed by atoms with Crippen molar-refractivity contribution >= 4 is 17.3 Å². The van der Waals surface area contributed by atoms with Gasteiger partial charge in [-0.25, -0.2) is 0 Å². The first-order valence-corrected chi connectivity index (χ1v) is 4.26. The zero-order chi connectivity index (χ0) is 10.6. The van der Waals surface area contributed by atoms with Gasteiger partial charge in [0.25, 0.3) is 0 Å². The van der Waals surface area contributed by atoms with E-state index in [4.69, 9.17) is 16.5 Å². The van der Waals surface area contributed by atoms with Crippen molar-refractivity contribution in [3.63, 3.8) is 0 Å². The maximum absolute atomic E-state index is 10.5. The Bertz CT molecular complexity index is 342. The number of rotatable bonds is 4. The second kappa shape index (κ2) is 4.78. The van der Waals surface area contributed by atoms with Gasteiger partial charge in [0, 0.05) is 11.1 Å². The van der Waals surface area contributed by atoms with E-state index in [1.54, 1.807) is 6.92 Å². The first-order valence-electron chi connectivity index (χ1n) is 3.88. The van der Waals surface area contributed by atoms with Gasteiger partial charge in [0.2, 0.25) is 5.75 Å². The summed E-state index contributed by atoms with van der Waals surface area (Å²) >= 11 is 5.59. The quantitative estimate of drug-likeness (QED) is 0.442. The first kappa shape index (κ1) is 10.7. The fourth-order valence-corrected chi connectivity index (χ4v) is 0.992. The van der Waals surface area contributed by atoms with Gasteiger partial charge in [-0.2, -0.15) is 4.89 Å². The van der Waals surface area contributed by atoms with Crippen LogP contribution in [0, 0.1) is 10.1 Å². The predicted molar refractivity (Wildman–Crippen MR) is 50.4 cm³/mol. The highest BCUT2D eigenvalue weighted by atomic mass is 35.5. The lowest BCUT2D eigenvalue weighted by Crippen LogP contribution is -1.99. The fourth-order valence-electron chi connectivity index (χ4n) is 0.826. The summed E-state index contributed by atoms with van der Waals surface area (Å²) in [5.74, 6) is 0.0428. The van der Waals surface area contributed by atoms with E-state index in [2.05, 4.69) is 4.89 Å². The second-order valence-electron chi connectivity index (χ2n) is 2.36. The molecule has 0 spiro atoms. The Morgan fingerprint density at radius 3 is 2.86 bits per heavy atom. The molecule has 0 aliphatic carbocycles. The van der Waals surface area contributed by atoms with Crippen LogP contribution in [-0.4, -0.2) is 11.5 Å². The van der Waals surface area contributed by atoms with Crippen LogP contribution in [0.3, 0.4) is 0 Å². The van der Waals surface area contributed by atoms with Crippen LogP contribution in [-0.2, 0) is 4.89 Å². The molecule has 5 nitrogen and oxygen atoms in total. The Morgan fingerprint density at radius 2 is 2.29 bits per heavy atom. The van der Waals surface area contributed by atoms with Crippen molar-refractivity contribution in [2.24, 2.45) is 0 Å². The van der Waals surface area contributed by atoms with Crippen molar-refractivity contribution in [3.8, 4) is 5.75 Å². The topological polar surface area (TPSA) is 61.6 Å².